The van der Waals surface area contributed by atoms with E-state index in [1.165, 1.54) is 70.9 Å². The zero-order valence-electron chi connectivity index (χ0n) is 10.7. The van der Waals surface area contributed by atoms with Gasteiger partial charge >= 0.3 is 0 Å². The molecule has 2 saturated carbocycles. The maximum absolute atomic E-state index is 5.49. The van der Waals surface area contributed by atoms with E-state index in [0.29, 0.717) is 11.5 Å². The molecule has 17 heavy (non-hydrogen) atoms. The van der Waals surface area contributed by atoms with Crippen molar-refractivity contribution >= 4 is 17.3 Å². The van der Waals surface area contributed by atoms with Gasteiger partial charge in [0.15, 0.2) is 5.11 Å². The molecule has 2 aliphatic carbocycles. The third kappa shape index (κ3) is 2.75. The van der Waals surface area contributed by atoms with Gasteiger partial charge in [0.2, 0.25) is 0 Å². The van der Waals surface area contributed by atoms with Crippen molar-refractivity contribution in [2.45, 2.75) is 63.8 Å². The highest BCUT2D eigenvalue weighted by Crippen LogP contribution is 2.44. The van der Waals surface area contributed by atoms with Crippen molar-refractivity contribution in [3.63, 3.8) is 0 Å². The topological polar surface area (TPSA) is 15.3 Å². The van der Waals surface area contributed by atoms with Crippen molar-refractivity contribution in [2.75, 3.05) is 13.1 Å². The maximum atomic E-state index is 5.49. The van der Waals surface area contributed by atoms with Crippen LogP contribution in [0.25, 0.3) is 0 Å². The first kappa shape index (κ1) is 11.8. The second-order valence-electron chi connectivity index (χ2n) is 6.27. The van der Waals surface area contributed by atoms with Gasteiger partial charge in [-0.2, -0.15) is 0 Å². The number of nitrogens with zero attached hydrogens (tertiary/aromatic N) is 1. The molecular weight excluding hydrogens is 228 g/mol. The zero-order valence-corrected chi connectivity index (χ0v) is 11.5. The van der Waals surface area contributed by atoms with Crippen molar-refractivity contribution in [3.05, 3.63) is 0 Å². The Hall–Kier alpha value is -0.310. The number of thiocarbonyl (C=S) groups is 1. The van der Waals surface area contributed by atoms with Crippen LogP contribution in [0, 0.1) is 5.41 Å². The van der Waals surface area contributed by atoms with E-state index >= 15 is 0 Å². The van der Waals surface area contributed by atoms with Crippen LogP contribution in [-0.4, -0.2) is 29.1 Å². The van der Waals surface area contributed by atoms with Gasteiger partial charge < -0.3 is 10.2 Å². The lowest BCUT2D eigenvalue weighted by Gasteiger charge is -2.45. The number of hydrogen-bond donors (Lipinski definition) is 1. The Bertz CT molecular complexity index is 283. The summed E-state index contributed by atoms with van der Waals surface area (Å²) in [5.41, 5.74) is 0.698. The van der Waals surface area contributed by atoms with Crippen LogP contribution in [0.1, 0.15) is 57.8 Å². The number of nitrogens with one attached hydrogen (secondary N) is 1. The Morgan fingerprint density at radius 3 is 2.24 bits per heavy atom. The second-order valence-corrected chi connectivity index (χ2v) is 6.66. The average Bonchev–Trinajstić information content (AvgIpc) is 3.15. The van der Waals surface area contributed by atoms with E-state index in [4.69, 9.17) is 12.2 Å². The highest BCUT2D eigenvalue weighted by atomic mass is 32.1. The van der Waals surface area contributed by atoms with Crippen LogP contribution >= 0.6 is 12.2 Å². The SMILES string of the molecule is S=C(NC1CC1)N1CCC2(CCCCC2)CC1. The minimum absolute atomic E-state index is 0.698. The van der Waals surface area contributed by atoms with E-state index < -0.39 is 0 Å². The molecule has 0 aromatic heterocycles. The summed E-state index contributed by atoms with van der Waals surface area (Å²) in [5, 5.41) is 4.50. The lowest BCUT2D eigenvalue weighted by Crippen LogP contribution is -2.48. The summed E-state index contributed by atoms with van der Waals surface area (Å²) in [7, 11) is 0. The molecular formula is C14H24N2S. The van der Waals surface area contributed by atoms with Crippen LogP contribution in [0.15, 0.2) is 0 Å². The van der Waals surface area contributed by atoms with Crippen LogP contribution in [-0.2, 0) is 0 Å². The molecule has 3 aliphatic rings. The van der Waals surface area contributed by atoms with Gasteiger partial charge in [0.1, 0.15) is 0 Å². The largest absolute Gasteiger partial charge is 0.360 e. The highest BCUT2D eigenvalue weighted by Gasteiger charge is 2.36. The van der Waals surface area contributed by atoms with Gasteiger partial charge in [0.05, 0.1) is 0 Å². The van der Waals surface area contributed by atoms with Crippen molar-refractivity contribution in [1.82, 2.24) is 10.2 Å². The third-order valence-corrected chi connectivity index (χ3v) is 5.31. The molecule has 2 nitrogen and oxygen atoms in total. The first-order valence-corrected chi connectivity index (χ1v) is 7.74. The molecule has 0 bridgehead atoms. The van der Waals surface area contributed by atoms with Crippen LogP contribution in [0.3, 0.4) is 0 Å². The van der Waals surface area contributed by atoms with Crippen molar-refractivity contribution < 1.29 is 0 Å². The van der Waals surface area contributed by atoms with Crippen LogP contribution in [0.4, 0.5) is 0 Å². The zero-order chi connectivity index (χ0) is 11.7. The molecule has 1 N–H and O–H groups in total. The van der Waals surface area contributed by atoms with E-state index in [-0.39, 0.29) is 0 Å². The van der Waals surface area contributed by atoms with Crippen LogP contribution < -0.4 is 5.32 Å². The average molecular weight is 252 g/mol. The minimum Gasteiger partial charge on any atom is -0.360 e. The number of piperidine rings is 1. The maximum Gasteiger partial charge on any atom is 0.169 e. The fourth-order valence-corrected chi connectivity index (χ4v) is 3.83. The highest BCUT2D eigenvalue weighted by molar-refractivity contribution is 7.80. The molecule has 0 aromatic carbocycles. The second kappa shape index (κ2) is 4.75. The lowest BCUT2D eigenvalue weighted by molar-refractivity contribution is 0.0974. The molecule has 0 amide bonds. The van der Waals surface area contributed by atoms with Crippen molar-refractivity contribution in [3.8, 4) is 0 Å². The molecule has 3 rings (SSSR count). The van der Waals surface area contributed by atoms with Gasteiger partial charge in [-0.25, -0.2) is 0 Å². The van der Waals surface area contributed by atoms with E-state index in [9.17, 15) is 0 Å². The molecule has 1 heterocycles. The molecule has 0 atom stereocenters. The first-order chi connectivity index (χ1) is 8.27. The van der Waals surface area contributed by atoms with E-state index in [2.05, 4.69) is 10.2 Å². The third-order valence-electron chi connectivity index (χ3n) is 4.93. The smallest absolute Gasteiger partial charge is 0.169 e. The number of likely N-dealkylation sites (tertiary alicyclic amines) is 1. The molecule has 0 aromatic rings. The Labute approximate surface area is 110 Å². The van der Waals surface area contributed by atoms with Gasteiger partial charge in [0, 0.05) is 19.1 Å². The summed E-state index contributed by atoms with van der Waals surface area (Å²) in [4.78, 5) is 2.41. The van der Waals surface area contributed by atoms with Gasteiger partial charge in [-0.1, -0.05) is 19.3 Å². The standard InChI is InChI=1S/C14H24N2S/c17-13(15-12-4-5-12)16-10-8-14(9-11-16)6-2-1-3-7-14/h12H,1-11H2,(H,15,17). The fourth-order valence-electron chi connectivity index (χ4n) is 3.48. The van der Waals surface area contributed by atoms with Crippen molar-refractivity contribution in [2.24, 2.45) is 5.41 Å². The van der Waals surface area contributed by atoms with Gasteiger partial charge in [-0.3, -0.25) is 0 Å². The Morgan fingerprint density at radius 2 is 1.65 bits per heavy atom. The summed E-state index contributed by atoms with van der Waals surface area (Å²) >= 11 is 5.49. The molecule has 0 radical (unpaired) electrons. The monoisotopic (exact) mass is 252 g/mol. The molecule has 3 heteroatoms. The van der Waals surface area contributed by atoms with E-state index in [1.807, 2.05) is 0 Å². The molecule has 1 spiro atoms. The van der Waals surface area contributed by atoms with Crippen LogP contribution in [0.5, 0.6) is 0 Å². The van der Waals surface area contributed by atoms with E-state index in [0.717, 1.165) is 5.11 Å². The quantitative estimate of drug-likeness (QED) is 0.722. The molecule has 0 unspecified atom stereocenters. The van der Waals surface area contributed by atoms with Crippen LogP contribution in [0.2, 0.25) is 0 Å². The van der Waals surface area contributed by atoms with E-state index in [1.54, 1.807) is 0 Å². The Balaban J connectivity index is 1.50. The normalized spacial score (nSPS) is 28.1. The summed E-state index contributed by atoms with van der Waals surface area (Å²) < 4.78 is 0. The Kier molecular flexibility index (Phi) is 3.29. The molecule has 1 aliphatic heterocycles. The minimum atomic E-state index is 0.698. The summed E-state index contributed by atoms with van der Waals surface area (Å²) in [6.45, 7) is 2.39. The molecule has 96 valence electrons. The van der Waals surface area contributed by atoms with Gasteiger partial charge in [-0.05, 0) is 56.2 Å². The molecule has 1 saturated heterocycles. The summed E-state index contributed by atoms with van der Waals surface area (Å²) in [6.07, 6.45) is 12.7. The lowest BCUT2D eigenvalue weighted by atomic mass is 9.68. The van der Waals surface area contributed by atoms with Gasteiger partial charge in [0.25, 0.3) is 0 Å². The molecule has 3 fully saturated rings. The first-order valence-electron chi connectivity index (χ1n) is 7.33. The predicted molar refractivity (Wildman–Crippen MR) is 75.1 cm³/mol. The predicted octanol–water partition coefficient (Wildman–Crippen LogP) is 3.07. The number of hydrogen-bond acceptors (Lipinski definition) is 1. The summed E-state index contributed by atoms with van der Waals surface area (Å²) in [5.74, 6) is 0. The fraction of sp³-hybridized carbons (Fsp3) is 0.929. The van der Waals surface area contributed by atoms with Crippen molar-refractivity contribution in [1.29, 1.82) is 0 Å². The Morgan fingerprint density at radius 1 is 1.00 bits per heavy atom. The summed E-state index contributed by atoms with van der Waals surface area (Å²) in [6, 6.07) is 0.702. The van der Waals surface area contributed by atoms with Gasteiger partial charge in [-0.15, -0.1) is 0 Å². The number of rotatable bonds is 1.